The summed E-state index contributed by atoms with van der Waals surface area (Å²) in [5, 5.41) is 11.2. The Morgan fingerprint density at radius 1 is 1.18 bits per heavy atom. The molecule has 1 aromatic carbocycles. The van der Waals surface area contributed by atoms with Gasteiger partial charge in [-0.25, -0.2) is 9.67 Å². The predicted molar refractivity (Wildman–Crippen MR) is 141 cm³/mol. The van der Waals surface area contributed by atoms with E-state index in [1.165, 1.54) is 5.56 Å². The summed E-state index contributed by atoms with van der Waals surface area (Å²) >= 11 is 0. The predicted octanol–water partition coefficient (Wildman–Crippen LogP) is 2.42. The molecule has 4 rings (SSSR count). The van der Waals surface area contributed by atoms with Crippen molar-refractivity contribution in [2.75, 3.05) is 26.7 Å². The van der Waals surface area contributed by atoms with Crippen molar-refractivity contribution >= 4 is 35.8 Å². The van der Waals surface area contributed by atoms with Gasteiger partial charge in [0.2, 0.25) is 5.91 Å². The number of nitrogens with zero attached hydrogens (tertiary/aromatic N) is 5. The first kappa shape index (κ1) is 25.5. The standard InChI is InChI=1S/C24H35N7O.HI/c1-3-21-28-22-10-9-20(17-31(22)29-21)27-24(25-2)26-16-23(32)30-13-11-19(12-14-30)15-18-7-5-4-6-8-18;/h4-8,19-20H,3,9-17H2,1-2H3,(H2,25,26,27);1H. The van der Waals surface area contributed by atoms with Crippen LogP contribution in [0.25, 0.3) is 0 Å². The summed E-state index contributed by atoms with van der Waals surface area (Å²) in [6.07, 6.45) is 5.97. The van der Waals surface area contributed by atoms with E-state index in [1.54, 1.807) is 7.05 Å². The van der Waals surface area contributed by atoms with Gasteiger partial charge in [0.15, 0.2) is 11.8 Å². The molecule has 0 spiro atoms. The molecule has 2 aromatic rings. The van der Waals surface area contributed by atoms with Gasteiger partial charge in [0.1, 0.15) is 5.82 Å². The van der Waals surface area contributed by atoms with Crippen molar-refractivity contribution in [3.8, 4) is 0 Å². The molecule has 1 aromatic heterocycles. The highest BCUT2D eigenvalue weighted by molar-refractivity contribution is 14.0. The molecule has 0 saturated carbocycles. The van der Waals surface area contributed by atoms with Crippen molar-refractivity contribution in [3.05, 3.63) is 47.5 Å². The third-order valence-electron chi connectivity index (χ3n) is 6.52. The van der Waals surface area contributed by atoms with E-state index in [0.29, 0.717) is 11.9 Å². The second kappa shape index (κ2) is 12.3. The van der Waals surface area contributed by atoms with Crippen LogP contribution in [-0.4, -0.2) is 64.3 Å². The fourth-order valence-electron chi connectivity index (χ4n) is 4.62. The van der Waals surface area contributed by atoms with Crippen molar-refractivity contribution in [1.29, 1.82) is 0 Å². The van der Waals surface area contributed by atoms with E-state index in [1.807, 2.05) is 9.58 Å². The number of carbonyl (C=O) groups is 1. The summed E-state index contributed by atoms with van der Waals surface area (Å²) in [7, 11) is 1.74. The molecule has 8 nitrogen and oxygen atoms in total. The number of aromatic nitrogens is 3. The molecule has 0 bridgehead atoms. The molecular weight excluding hydrogens is 529 g/mol. The fraction of sp³-hybridized carbons (Fsp3) is 0.583. The second-order valence-corrected chi connectivity index (χ2v) is 8.80. The van der Waals surface area contributed by atoms with E-state index in [4.69, 9.17) is 0 Å². The zero-order valence-electron chi connectivity index (χ0n) is 19.7. The Morgan fingerprint density at radius 3 is 2.64 bits per heavy atom. The Labute approximate surface area is 213 Å². The summed E-state index contributed by atoms with van der Waals surface area (Å²) in [5.74, 6) is 3.43. The van der Waals surface area contributed by atoms with Gasteiger partial charge in [-0.15, -0.1) is 24.0 Å². The summed E-state index contributed by atoms with van der Waals surface area (Å²) in [4.78, 5) is 23.6. The normalized spacial score (nSPS) is 18.9. The Bertz CT molecular complexity index is 922. The van der Waals surface area contributed by atoms with Crippen LogP contribution in [0.15, 0.2) is 35.3 Å². The molecule has 2 aliphatic heterocycles. The van der Waals surface area contributed by atoms with Crippen LogP contribution in [0.2, 0.25) is 0 Å². The first-order valence-electron chi connectivity index (χ1n) is 11.9. The van der Waals surface area contributed by atoms with Crippen LogP contribution in [0, 0.1) is 5.92 Å². The smallest absolute Gasteiger partial charge is 0.241 e. The van der Waals surface area contributed by atoms with Crippen molar-refractivity contribution in [1.82, 2.24) is 30.3 Å². The number of rotatable bonds is 6. The molecule has 0 radical (unpaired) electrons. The SMILES string of the molecule is CCc1nc2n(n1)CC(NC(=NC)NCC(=O)N1CCC(Cc3ccccc3)CC1)CC2.I. The minimum atomic E-state index is 0. The number of nitrogens with one attached hydrogen (secondary N) is 2. The van der Waals surface area contributed by atoms with Gasteiger partial charge < -0.3 is 15.5 Å². The van der Waals surface area contributed by atoms with Crippen LogP contribution in [-0.2, 0) is 30.6 Å². The van der Waals surface area contributed by atoms with Crippen LogP contribution in [0.3, 0.4) is 0 Å². The van der Waals surface area contributed by atoms with Crippen LogP contribution >= 0.6 is 24.0 Å². The molecule has 9 heteroatoms. The number of fused-ring (bicyclic) bond motifs is 1. The lowest BCUT2D eigenvalue weighted by Gasteiger charge is -2.32. The van der Waals surface area contributed by atoms with E-state index in [2.05, 4.69) is 63.0 Å². The largest absolute Gasteiger partial charge is 0.352 e. The molecule has 1 atom stereocenters. The van der Waals surface area contributed by atoms with Gasteiger partial charge in [-0.3, -0.25) is 9.79 Å². The number of carbonyl (C=O) groups excluding carboxylic acids is 1. The van der Waals surface area contributed by atoms with Gasteiger partial charge in [-0.2, -0.15) is 5.10 Å². The lowest BCUT2D eigenvalue weighted by atomic mass is 9.90. The van der Waals surface area contributed by atoms with Crippen molar-refractivity contribution in [2.24, 2.45) is 10.9 Å². The quantitative estimate of drug-likeness (QED) is 0.319. The highest BCUT2D eigenvalue weighted by Crippen LogP contribution is 2.21. The van der Waals surface area contributed by atoms with Gasteiger partial charge >= 0.3 is 0 Å². The highest BCUT2D eigenvalue weighted by Gasteiger charge is 2.24. The first-order valence-corrected chi connectivity index (χ1v) is 11.9. The summed E-state index contributed by atoms with van der Waals surface area (Å²) in [6, 6.07) is 10.9. The number of halogens is 1. The zero-order valence-corrected chi connectivity index (χ0v) is 22.0. The maximum absolute atomic E-state index is 12.7. The number of benzene rings is 1. The molecule has 1 unspecified atom stereocenters. The minimum Gasteiger partial charge on any atom is -0.352 e. The van der Waals surface area contributed by atoms with Gasteiger partial charge in [0, 0.05) is 39.0 Å². The molecule has 2 N–H and O–H groups in total. The molecule has 1 amide bonds. The van der Waals surface area contributed by atoms with Crippen LogP contribution in [0.1, 0.15) is 43.4 Å². The molecule has 33 heavy (non-hydrogen) atoms. The van der Waals surface area contributed by atoms with Gasteiger partial charge in [-0.1, -0.05) is 37.3 Å². The average molecular weight is 566 g/mol. The maximum Gasteiger partial charge on any atom is 0.241 e. The summed E-state index contributed by atoms with van der Waals surface area (Å²) < 4.78 is 2.00. The molecule has 180 valence electrons. The average Bonchev–Trinajstić information content (AvgIpc) is 3.25. The number of aryl methyl sites for hydroxylation is 2. The highest BCUT2D eigenvalue weighted by atomic mass is 127. The number of guanidine groups is 1. The van der Waals surface area contributed by atoms with Crippen LogP contribution in [0.5, 0.6) is 0 Å². The Kier molecular flexibility index (Phi) is 9.52. The van der Waals surface area contributed by atoms with Gasteiger partial charge in [-0.05, 0) is 37.2 Å². The Morgan fingerprint density at radius 2 is 1.94 bits per heavy atom. The molecule has 1 fully saturated rings. The number of aliphatic imine (C=N–C) groups is 1. The number of hydrogen-bond donors (Lipinski definition) is 2. The van der Waals surface area contributed by atoms with Crippen LogP contribution in [0.4, 0.5) is 0 Å². The van der Waals surface area contributed by atoms with Crippen molar-refractivity contribution < 1.29 is 4.79 Å². The monoisotopic (exact) mass is 565 g/mol. The van der Waals surface area contributed by atoms with Gasteiger partial charge in [0.25, 0.3) is 0 Å². The van der Waals surface area contributed by atoms with Crippen molar-refractivity contribution in [3.63, 3.8) is 0 Å². The summed E-state index contributed by atoms with van der Waals surface area (Å²) in [6.45, 7) is 4.78. The maximum atomic E-state index is 12.7. The summed E-state index contributed by atoms with van der Waals surface area (Å²) in [5.41, 5.74) is 1.39. The Balaban J connectivity index is 0.00000306. The lowest BCUT2D eigenvalue weighted by Crippen LogP contribution is -2.50. The molecule has 2 aliphatic rings. The van der Waals surface area contributed by atoms with Crippen molar-refractivity contribution in [2.45, 2.75) is 58.0 Å². The van der Waals surface area contributed by atoms with E-state index in [0.717, 1.165) is 69.8 Å². The number of likely N-dealkylation sites (tertiary alicyclic amines) is 1. The third-order valence-corrected chi connectivity index (χ3v) is 6.52. The molecule has 0 aliphatic carbocycles. The first-order chi connectivity index (χ1) is 15.6. The van der Waals surface area contributed by atoms with E-state index >= 15 is 0 Å². The number of amides is 1. The van der Waals surface area contributed by atoms with E-state index < -0.39 is 0 Å². The fourth-order valence-corrected chi connectivity index (χ4v) is 4.62. The topological polar surface area (TPSA) is 87.4 Å². The molecule has 3 heterocycles. The van der Waals surface area contributed by atoms with E-state index in [9.17, 15) is 4.79 Å². The number of hydrogen-bond acceptors (Lipinski definition) is 4. The van der Waals surface area contributed by atoms with E-state index in [-0.39, 0.29) is 42.5 Å². The van der Waals surface area contributed by atoms with Crippen LogP contribution < -0.4 is 10.6 Å². The second-order valence-electron chi connectivity index (χ2n) is 8.80. The minimum absolute atomic E-state index is 0. The number of piperidine rings is 1. The van der Waals surface area contributed by atoms with Gasteiger partial charge in [0.05, 0.1) is 13.1 Å². The lowest BCUT2D eigenvalue weighted by molar-refractivity contribution is -0.131. The molecular formula is C24H36IN7O. The zero-order chi connectivity index (χ0) is 22.3. The Hall–Kier alpha value is -2.17. The third kappa shape index (κ3) is 6.91. The molecule has 1 saturated heterocycles.